The van der Waals surface area contributed by atoms with Crippen molar-refractivity contribution >= 4 is 43.7 Å². The molecule has 0 radical (unpaired) electrons. The number of fused-ring (bicyclic) bond motifs is 6. The van der Waals surface area contributed by atoms with Crippen LogP contribution in [0.4, 0.5) is 0 Å². The lowest BCUT2D eigenvalue weighted by Crippen LogP contribution is -2.00. The molecule has 3 heterocycles. The van der Waals surface area contributed by atoms with Crippen molar-refractivity contribution in [2.75, 3.05) is 0 Å². The maximum atomic E-state index is 6.39. The molecule has 0 saturated carbocycles. The number of benzene rings is 8. The van der Waals surface area contributed by atoms with Gasteiger partial charge in [0.25, 0.3) is 0 Å². The maximum absolute atomic E-state index is 6.39. The number of para-hydroxylation sites is 1. The van der Waals surface area contributed by atoms with Crippen molar-refractivity contribution in [3.05, 3.63) is 194 Å². The standard InChI is InChI=1S/C51H32N4O/c1-4-12-33(13-5-1)34-20-25-40(26-21-34)55-45-19-11-10-18-41(45)42-27-22-38(32-46(42)55)37-23-28-47-43(30-37)44-31-39(24-29-48(44)56-47)51-53-49(35-14-6-2-7-15-35)52-50(54-51)36-16-8-3-9-17-36/h1-32H. The second kappa shape index (κ2) is 13.0. The van der Waals surface area contributed by atoms with E-state index in [-0.39, 0.29) is 0 Å². The van der Waals surface area contributed by atoms with Crippen molar-refractivity contribution in [2.24, 2.45) is 0 Å². The third kappa shape index (κ3) is 5.45. The van der Waals surface area contributed by atoms with E-state index in [1.807, 2.05) is 72.8 Å². The number of hydrogen-bond acceptors (Lipinski definition) is 4. The van der Waals surface area contributed by atoms with Gasteiger partial charge >= 0.3 is 0 Å². The summed E-state index contributed by atoms with van der Waals surface area (Å²) in [5.41, 5.74) is 12.5. The molecule has 0 bridgehead atoms. The fourth-order valence-corrected chi connectivity index (χ4v) is 7.90. The first-order chi connectivity index (χ1) is 27.7. The lowest BCUT2D eigenvalue weighted by molar-refractivity contribution is 0.669. The second-order valence-electron chi connectivity index (χ2n) is 14.1. The zero-order chi connectivity index (χ0) is 37.0. The van der Waals surface area contributed by atoms with Gasteiger partial charge in [0.05, 0.1) is 11.0 Å². The minimum Gasteiger partial charge on any atom is -0.456 e. The molecule has 0 aliphatic rings. The van der Waals surface area contributed by atoms with E-state index in [0.717, 1.165) is 61.0 Å². The summed E-state index contributed by atoms with van der Waals surface area (Å²) in [4.78, 5) is 14.8. The predicted octanol–water partition coefficient (Wildman–Crippen LogP) is 13.2. The lowest BCUT2D eigenvalue weighted by atomic mass is 10.0. The van der Waals surface area contributed by atoms with Gasteiger partial charge in [-0.25, -0.2) is 15.0 Å². The number of rotatable bonds is 6. The number of aromatic nitrogens is 4. The third-order valence-electron chi connectivity index (χ3n) is 10.7. The Morgan fingerprint density at radius 3 is 1.39 bits per heavy atom. The summed E-state index contributed by atoms with van der Waals surface area (Å²) in [6.07, 6.45) is 0. The van der Waals surface area contributed by atoms with E-state index < -0.39 is 0 Å². The Kier molecular flexibility index (Phi) is 7.42. The first-order valence-electron chi connectivity index (χ1n) is 18.8. The third-order valence-corrected chi connectivity index (χ3v) is 10.7. The minimum absolute atomic E-state index is 0.611. The monoisotopic (exact) mass is 716 g/mol. The van der Waals surface area contributed by atoms with Crippen LogP contribution in [0.2, 0.25) is 0 Å². The molecule has 0 atom stereocenters. The molecule has 0 fully saturated rings. The summed E-state index contributed by atoms with van der Waals surface area (Å²) >= 11 is 0. The normalized spacial score (nSPS) is 11.6. The first kappa shape index (κ1) is 31.9. The van der Waals surface area contributed by atoms with Crippen molar-refractivity contribution in [3.63, 3.8) is 0 Å². The number of furan rings is 1. The van der Waals surface area contributed by atoms with Gasteiger partial charge in [0.15, 0.2) is 17.5 Å². The molecule has 11 rings (SSSR count). The van der Waals surface area contributed by atoms with Gasteiger partial charge in [0.1, 0.15) is 11.2 Å². The summed E-state index contributed by atoms with van der Waals surface area (Å²) in [7, 11) is 0. The fourth-order valence-electron chi connectivity index (χ4n) is 7.90. The summed E-state index contributed by atoms with van der Waals surface area (Å²) in [5.74, 6) is 1.88. The Hall–Kier alpha value is -7.63. The van der Waals surface area contributed by atoms with Crippen LogP contribution in [0.15, 0.2) is 199 Å². The van der Waals surface area contributed by atoms with E-state index in [2.05, 4.69) is 126 Å². The summed E-state index contributed by atoms with van der Waals surface area (Å²) in [6.45, 7) is 0. The lowest BCUT2D eigenvalue weighted by Gasteiger charge is -2.10. The van der Waals surface area contributed by atoms with Gasteiger partial charge in [0.2, 0.25) is 0 Å². The van der Waals surface area contributed by atoms with Gasteiger partial charge in [-0.05, 0) is 76.9 Å². The average Bonchev–Trinajstić information content (AvgIpc) is 3.82. The van der Waals surface area contributed by atoms with E-state index in [0.29, 0.717) is 17.5 Å². The zero-order valence-electron chi connectivity index (χ0n) is 30.2. The predicted molar refractivity (Wildman–Crippen MR) is 229 cm³/mol. The van der Waals surface area contributed by atoms with E-state index in [1.165, 1.54) is 27.4 Å². The van der Waals surface area contributed by atoms with Crippen LogP contribution in [0.25, 0.3) is 106 Å². The van der Waals surface area contributed by atoms with Crippen LogP contribution in [0.3, 0.4) is 0 Å². The maximum Gasteiger partial charge on any atom is 0.164 e. The summed E-state index contributed by atoms with van der Waals surface area (Å²) in [5, 5.41) is 4.50. The highest BCUT2D eigenvalue weighted by Crippen LogP contribution is 2.38. The Morgan fingerprint density at radius 2 is 0.750 bits per heavy atom. The van der Waals surface area contributed by atoms with Gasteiger partial charge in [0, 0.05) is 43.9 Å². The molecular formula is C51H32N4O. The van der Waals surface area contributed by atoms with Gasteiger partial charge in [-0.3, -0.25) is 0 Å². The molecule has 0 aliphatic heterocycles. The van der Waals surface area contributed by atoms with Gasteiger partial charge in [-0.15, -0.1) is 0 Å². The largest absolute Gasteiger partial charge is 0.456 e. The highest BCUT2D eigenvalue weighted by molar-refractivity contribution is 6.11. The van der Waals surface area contributed by atoms with Crippen molar-refractivity contribution in [1.29, 1.82) is 0 Å². The molecular weight excluding hydrogens is 685 g/mol. The topological polar surface area (TPSA) is 56.7 Å². The highest BCUT2D eigenvalue weighted by Gasteiger charge is 2.17. The molecule has 0 unspecified atom stereocenters. The van der Waals surface area contributed by atoms with Crippen LogP contribution in [0, 0.1) is 0 Å². The summed E-state index contributed by atoms with van der Waals surface area (Å²) in [6, 6.07) is 67.6. The van der Waals surface area contributed by atoms with Crippen LogP contribution in [0.1, 0.15) is 0 Å². The van der Waals surface area contributed by atoms with E-state index in [4.69, 9.17) is 19.4 Å². The van der Waals surface area contributed by atoms with Crippen LogP contribution in [-0.2, 0) is 0 Å². The molecule has 0 saturated heterocycles. The number of nitrogens with zero attached hydrogens (tertiary/aromatic N) is 4. The molecule has 56 heavy (non-hydrogen) atoms. The molecule has 262 valence electrons. The SMILES string of the molecule is c1ccc(-c2ccc(-n3c4ccccc4c4ccc(-c5ccc6oc7ccc(-c8nc(-c9ccccc9)nc(-c9ccccc9)n8)cc7c6c5)cc43)cc2)cc1. The molecule has 0 N–H and O–H groups in total. The van der Waals surface area contributed by atoms with Crippen LogP contribution >= 0.6 is 0 Å². The smallest absolute Gasteiger partial charge is 0.164 e. The van der Waals surface area contributed by atoms with Crippen molar-refractivity contribution in [1.82, 2.24) is 19.5 Å². The molecule has 5 nitrogen and oxygen atoms in total. The molecule has 11 aromatic rings. The van der Waals surface area contributed by atoms with Crippen molar-refractivity contribution in [3.8, 4) is 62.1 Å². The molecule has 8 aromatic carbocycles. The first-order valence-corrected chi connectivity index (χ1v) is 18.8. The Bertz CT molecular complexity index is 3160. The zero-order valence-corrected chi connectivity index (χ0v) is 30.2. The van der Waals surface area contributed by atoms with E-state index in [9.17, 15) is 0 Å². The molecule has 0 spiro atoms. The van der Waals surface area contributed by atoms with Gasteiger partial charge < -0.3 is 8.98 Å². The van der Waals surface area contributed by atoms with E-state index in [1.54, 1.807) is 0 Å². The molecule has 0 amide bonds. The fraction of sp³-hybridized carbons (Fsp3) is 0. The van der Waals surface area contributed by atoms with Crippen molar-refractivity contribution < 1.29 is 4.42 Å². The average molecular weight is 717 g/mol. The minimum atomic E-state index is 0.611. The van der Waals surface area contributed by atoms with Crippen LogP contribution in [0.5, 0.6) is 0 Å². The van der Waals surface area contributed by atoms with Gasteiger partial charge in [-0.2, -0.15) is 0 Å². The Morgan fingerprint density at radius 1 is 0.304 bits per heavy atom. The van der Waals surface area contributed by atoms with E-state index >= 15 is 0 Å². The second-order valence-corrected chi connectivity index (χ2v) is 14.1. The van der Waals surface area contributed by atoms with Crippen molar-refractivity contribution in [2.45, 2.75) is 0 Å². The van der Waals surface area contributed by atoms with Crippen LogP contribution in [-0.4, -0.2) is 19.5 Å². The molecule has 0 aliphatic carbocycles. The quantitative estimate of drug-likeness (QED) is 0.172. The molecule has 3 aromatic heterocycles. The highest BCUT2D eigenvalue weighted by atomic mass is 16.3. The Balaban J connectivity index is 1.03. The van der Waals surface area contributed by atoms with Crippen LogP contribution < -0.4 is 0 Å². The number of hydrogen-bond donors (Lipinski definition) is 0. The molecule has 5 heteroatoms. The Labute approximate surface area is 322 Å². The summed E-state index contributed by atoms with van der Waals surface area (Å²) < 4.78 is 8.77. The van der Waals surface area contributed by atoms with Gasteiger partial charge in [-0.1, -0.05) is 140 Å².